The Hall–Kier alpha value is -1.85. The molecule has 0 amide bonds. The summed E-state index contributed by atoms with van der Waals surface area (Å²) >= 11 is 0. The Bertz CT molecular complexity index is 744. The highest BCUT2D eigenvalue weighted by Gasteiger charge is 2.14. The van der Waals surface area contributed by atoms with Crippen LogP contribution in [0.25, 0.3) is 10.9 Å². The molecule has 1 atom stereocenters. The smallest absolute Gasteiger partial charge is 0.251 e. The molecule has 2 N–H and O–H groups in total. The van der Waals surface area contributed by atoms with E-state index in [0.29, 0.717) is 12.3 Å². The van der Waals surface area contributed by atoms with Crippen molar-refractivity contribution in [3.63, 3.8) is 0 Å². The van der Waals surface area contributed by atoms with E-state index >= 15 is 0 Å². The van der Waals surface area contributed by atoms with Gasteiger partial charge in [0.2, 0.25) is 0 Å². The summed E-state index contributed by atoms with van der Waals surface area (Å²) in [7, 11) is 0. The molecule has 0 saturated carbocycles. The molecule has 2 aromatic rings. The lowest BCUT2D eigenvalue weighted by molar-refractivity contribution is 0.101. The van der Waals surface area contributed by atoms with E-state index in [9.17, 15) is 9.90 Å². The van der Waals surface area contributed by atoms with E-state index in [2.05, 4.69) is 26.1 Å². The van der Waals surface area contributed by atoms with Crippen LogP contribution in [-0.4, -0.2) is 34.5 Å². The van der Waals surface area contributed by atoms with Crippen molar-refractivity contribution in [3.8, 4) is 5.75 Å². The summed E-state index contributed by atoms with van der Waals surface area (Å²) in [6, 6.07) is 9.06. The van der Waals surface area contributed by atoms with Gasteiger partial charge in [0.1, 0.15) is 18.5 Å². The number of β-amino-alcohol motifs (C(OH)–C–C–N with tert-alkyl or cyclic N) is 1. The van der Waals surface area contributed by atoms with Crippen molar-refractivity contribution >= 4 is 10.9 Å². The number of hydrogen-bond acceptors (Lipinski definition) is 4. The van der Waals surface area contributed by atoms with E-state index in [1.54, 1.807) is 16.7 Å². The van der Waals surface area contributed by atoms with Gasteiger partial charge in [0.05, 0.1) is 5.52 Å². The van der Waals surface area contributed by atoms with Gasteiger partial charge in [-0.15, -0.1) is 0 Å². The van der Waals surface area contributed by atoms with Gasteiger partial charge in [0.25, 0.3) is 5.56 Å². The third kappa shape index (κ3) is 4.58. The lowest BCUT2D eigenvalue weighted by Crippen LogP contribution is -2.42. The lowest BCUT2D eigenvalue weighted by Gasteiger charge is -2.23. The number of rotatable bonds is 6. The van der Waals surface area contributed by atoms with Crippen LogP contribution >= 0.6 is 0 Å². The molecule has 0 aliphatic carbocycles. The van der Waals surface area contributed by atoms with Gasteiger partial charge < -0.3 is 19.7 Å². The number of ether oxygens (including phenoxy) is 1. The van der Waals surface area contributed by atoms with E-state index in [1.165, 1.54) is 0 Å². The first-order chi connectivity index (χ1) is 11.2. The minimum absolute atomic E-state index is 0.0240. The Morgan fingerprint density at radius 2 is 1.92 bits per heavy atom. The molecular formula is C19H28N2O3. The third-order valence-electron chi connectivity index (χ3n) is 3.75. The summed E-state index contributed by atoms with van der Waals surface area (Å²) < 4.78 is 7.57. The molecule has 0 spiro atoms. The highest BCUT2D eigenvalue weighted by molar-refractivity contribution is 5.85. The molecule has 0 bridgehead atoms. The second-order valence-corrected chi connectivity index (χ2v) is 7.42. The van der Waals surface area contributed by atoms with Gasteiger partial charge >= 0.3 is 0 Å². The zero-order valence-corrected chi connectivity index (χ0v) is 15.2. The molecule has 1 heterocycles. The zero-order chi connectivity index (χ0) is 17.9. The molecule has 5 heteroatoms. The van der Waals surface area contributed by atoms with Gasteiger partial charge in [-0.2, -0.15) is 0 Å². The fraction of sp³-hybridized carbons (Fsp3) is 0.526. The fourth-order valence-corrected chi connectivity index (χ4v) is 2.59. The van der Waals surface area contributed by atoms with Gasteiger partial charge in [-0.3, -0.25) is 4.79 Å². The Morgan fingerprint density at radius 3 is 2.54 bits per heavy atom. The highest BCUT2D eigenvalue weighted by atomic mass is 16.5. The summed E-state index contributed by atoms with van der Waals surface area (Å²) in [4.78, 5) is 12.1. The Labute approximate surface area is 143 Å². The normalized spacial score (nSPS) is 13.5. The first-order valence-corrected chi connectivity index (χ1v) is 8.39. The van der Waals surface area contributed by atoms with Crippen LogP contribution in [0.5, 0.6) is 5.75 Å². The summed E-state index contributed by atoms with van der Waals surface area (Å²) in [6.45, 7) is 10.8. The van der Waals surface area contributed by atoms with Crippen molar-refractivity contribution in [2.45, 2.75) is 52.3 Å². The number of fused-ring (bicyclic) bond motifs is 1. The van der Waals surface area contributed by atoms with E-state index < -0.39 is 6.10 Å². The van der Waals surface area contributed by atoms with Gasteiger partial charge in [0.15, 0.2) is 0 Å². The van der Waals surface area contributed by atoms with Crippen LogP contribution in [0.3, 0.4) is 0 Å². The second kappa shape index (κ2) is 7.36. The Morgan fingerprint density at radius 1 is 1.21 bits per heavy atom. The molecule has 0 aliphatic rings. The van der Waals surface area contributed by atoms with Gasteiger partial charge in [-0.25, -0.2) is 0 Å². The average molecular weight is 332 g/mol. The Balaban J connectivity index is 2.19. The number of hydrogen-bond donors (Lipinski definition) is 2. The molecule has 132 valence electrons. The lowest BCUT2D eigenvalue weighted by atomic mass is 10.1. The molecule has 0 saturated heterocycles. The second-order valence-electron chi connectivity index (χ2n) is 7.42. The van der Waals surface area contributed by atoms with Crippen molar-refractivity contribution in [2.75, 3.05) is 13.2 Å². The first-order valence-electron chi connectivity index (χ1n) is 8.39. The topological polar surface area (TPSA) is 63.5 Å². The quantitative estimate of drug-likeness (QED) is 0.854. The van der Waals surface area contributed by atoms with Crippen molar-refractivity contribution in [2.24, 2.45) is 0 Å². The van der Waals surface area contributed by atoms with Crippen LogP contribution in [0.1, 0.15) is 40.7 Å². The predicted molar refractivity (Wildman–Crippen MR) is 97.9 cm³/mol. The Kier molecular flexibility index (Phi) is 5.67. The van der Waals surface area contributed by atoms with Crippen molar-refractivity contribution in [3.05, 3.63) is 40.7 Å². The maximum atomic E-state index is 12.1. The number of benzene rings is 1. The standard InChI is InChI=1S/C19H28N2O3/c1-13(2)21-16-7-6-8-17(15(16)9-10-18(21)23)24-12-14(22)11-20-19(3,4)5/h6-10,13-14,20,22H,11-12H2,1-5H3. The molecule has 0 aliphatic heterocycles. The number of nitrogens with zero attached hydrogens (tertiary/aromatic N) is 1. The SMILES string of the molecule is CC(C)n1c(=O)ccc2c(OCC(O)CNC(C)(C)C)cccc21. The van der Waals surface area contributed by atoms with Crippen LogP contribution in [0, 0.1) is 0 Å². The summed E-state index contributed by atoms with van der Waals surface area (Å²) in [5.41, 5.74) is 0.773. The molecule has 0 radical (unpaired) electrons. The average Bonchev–Trinajstić information content (AvgIpc) is 2.49. The zero-order valence-electron chi connectivity index (χ0n) is 15.2. The number of pyridine rings is 1. The van der Waals surface area contributed by atoms with Gasteiger partial charge in [-0.05, 0) is 52.8 Å². The maximum absolute atomic E-state index is 12.1. The highest BCUT2D eigenvalue weighted by Crippen LogP contribution is 2.26. The molecular weight excluding hydrogens is 304 g/mol. The van der Waals surface area contributed by atoms with E-state index in [1.807, 2.05) is 32.0 Å². The first kappa shape index (κ1) is 18.5. The summed E-state index contributed by atoms with van der Waals surface area (Å²) in [5, 5.41) is 14.2. The van der Waals surface area contributed by atoms with Crippen molar-refractivity contribution < 1.29 is 9.84 Å². The minimum atomic E-state index is -0.601. The van der Waals surface area contributed by atoms with E-state index in [0.717, 1.165) is 10.9 Å². The van der Waals surface area contributed by atoms with Gasteiger partial charge in [0, 0.05) is 29.6 Å². The van der Waals surface area contributed by atoms with Crippen LogP contribution in [0.2, 0.25) is 0 Å². The molecule has 24 heavy (non-hydrogen) atoms. The molecule has 5 nitrogen and oxygen atoms in total. The van der Waals surface area contributed by atoms with Crippen molar-refractivity contribution in [1.82, 2.24) is 9.88 Å². The summed E-state index contributed by atoms with van der Waals surface area (Å²) in [6.07, 6.45) is -0.601. The van der Waals surface area contributed by atoms with Crippen LogP contribution in [-0.2, 0) is 0 Å². The molecule has 2 rings (SSSR count). The van der Waals surface area contributed by atoms with Crippen LogP contribution in [0.15, 0.2) is 35.1 Å². The number of aliphatic hydroxyl groups is 1. The molecule has 1 unspecified atom stereocenters. The van der Waals surface area contributed by atoms with E-state index in [4.69, 9.17) is 4.74 Å². The minimum Gasteiger partial charge on any atom is -0.490 e. The largest absolute Gasteiger partial charge is 0.490 e. The monoisotopic (exact) mass is 332 g/mol. The predicted octanol–water partition coefficient (Wildman–Crippen LogP) is 2.71. The fourth-order valence-electron chi connectivity index (χ4n) is 2.59. The number of aliphatic hydroxyl groups excluding tert-OH is 1. The molecule has 0 fully saturated rings. The third-order valence-corrected chi connectivity index (χ3v) is 3.75. The molecule has 1 aromatic heterocycles. The number of nitrogens with one attached hydrogen (secondary N) is 1. The van der Waals surface area contributed by atoms with E-state index in [-0.39, 0.29) is 23.7 Å². The maximum Gasteiger partial charge on any atom is 0.251 e. The van der Waals surface area contributed by atoms with Crippen molar-refractivity contribution in [1.29, 1.82) is 0 Å². The van der Waals surface area contributed by atoms with Crippen LogP contribution < -0.4 is 15.6 Å². The number of aromatic nitrogens is 1. The van der Waals surface area contributed by atoms with Gasteiger partial charge in [-0.1, -0.05) is 6.07 Å². The summed E-state index contributed by atoms with van der Waals surface area (Å²) in [5.74, 6) is 0.678. The van der Waals surface area contributed by atoms with Crippen LogP contribution in [0.4, 0.5) is 0 Å². The molecule has 1 aromatic carbocycles.